The van der Waals surface area contributed by atoms with E-state index in [-0.39, 0.29) is 5.28 Å². The average molecular weight is 282 g/mol. The van der Waals surface area contributed by atoms with Gasteiger partial charge in [0.15, 0.2) is 5.82 Å². The van der Waals surface area contributed by atoms with Crippen molar-refractivity contribution < 1.29 is 4.74 Å². The Labute approximate surface area is 116 Å². The lowest BCUT2D eigenvalue weighted by Crippen LogP contribution is -1.96. The number of ether oxygens (including phenoxy) is 1. The Kier molecular flexibility index (Phi) is 5.11. The number of rotatable bonds is 7. The molecule has 0 aromatic carbocycles. The summed E-state index contributed by atoms with van der Waals surface area (Å²) >= 11 is 5.71. The topological polar surface area (TPSA) is 75.7 Å². The number of nitrogens with one attached hydrogen (secondary N) is 2. The Morgan fingerprint density at radius 2 is 2.32 bits per heavy atom. The van der Waals surface area contributed by atoms with E-state index in [4.69, 9.17) is 16.3 Å². The molecule has 0 aliphatic carbocycles. The van der Waals surface area contributed by atoms with Crippen LogP contribution in [0, 0.1) is 0 Å². The molecule has 0 atom stereocenters. The third kappa shape index (κ3) is 4.50. The largest absolute Gasteiger partial charge is 0.382 e. The fourth-order valence-corrected chi connectivity index (χ4v) is 1.75. The smallest absolute Gasteiger partial charge is 0.224 e. The first-order valence-corrected chi connectivity index (χ1v) is 6.53. The number of anilines is 2. The summed E-state index contributed by atoms with van der Waals surface area (Å²) in [6.07, 6.45) is 3.46. The van der Waals surface area contributed by atoms with Crippen LogP contribution in [0.3, 0.4) is 0 Å². The van der Waals surface area contributed by atoms with Crippen LogP contribution >= 0.6 is 11.6 Å². The molecule has 0 radical (unpaired) electrons. The monoisotopic (exact) mass is 281 g/mol. The number of hydrogen-bond acceptors (Lipinski definition) is 5. The SMILES string of the molecule is CCOCCCc1cc(Nc2ccnc(Cl)n2)n[nH]1. The Morgan fingerprint density at radius 3 is 3.11 bits per heavy atom. The molecule has 2 rings (SSSR count). The van der Waals surface area contributed by atoms with E-state index in [1.54, 1.807) is 12.3 Å². The van der Waals surface area contributed by atoms with Crippen molar-refractivity contribution in [3.05, 3.63) is 29.3 Å². The van der Waals surface area contributed by atoms with Crippen LogP contribution in [0.5, 0.6) is 0 Å². The van der Waals surface area contributed by atoms with E-state index in [0.29, 0.717) is 11.6 Å². The van der Waals surface area contributed by atoms with Crippen molar-refractivity contribution in [3.8, 4) is 0 Å². The predicted octanol–water partition coefficient (Wildman–Crippen LogP) is 2.57. The summed E-state index contributed by atoms with van der Waals surface area (Å²) in [5, 5.41) is 10.4. The summed E-state index contributed by atoms with van der Waals surface area (Å²) in [5.41, 5.74) is 1.06. The van der Waals surface area contributed by atoms with Crippen molar-refractivity contribution in [1.29, 1.82) is 0 Å². The van der Waals surface area contributed by atoms with Crippen LogP contribution in [0.15, 0.2) is 18.3 Å². The zero-order valence-corrected chi connectivity index (χ0v) is 11.4. The van der Waals surface area contributed by atoms with Crippen molar-refractivity contribution in [2.75, 3.05) is 18.5 Å². The van der Waals surface area contributed by atoms with Gasteiger partial charge in [-0.05, 0) is 37.4 Å². The second kappa shape index (κ2) is 7.06. The van der Waals surface area contributed by atoms with Gasteiger partial charge in [-0.2, -0.15) is 5.10 Å². The highest BCUT2D eigenvalue weighted by Gasteiger charge is 2.03. The highest BCUT2D eigenvalue weighted by Crippen LogP contribution is 2.14. The summed E-state index contributed by atoms with van der Waals surface area (Å²) in [6, 6.07) is 3.68. The highest BCUT2D eigenvalue weighted by molar-refractivity contribution is 6.28. The molecule has 19 heavy (non-hydrogen) atoms. The number of aryl methyl sites for hydroxylation is 1. The average Bonchev–Trinajstić information content (AvgIpc) is 2.82. The van der Waals surface area contributed by atoms with Gasteiger partial charge in [0.25, 0.3) is 0 Å². The third-order valence-electron chi connectivity index (χ3n) is 2.45. The number of H-pyrrole nitrogens is 1. The van der Waals surface area contributed by atoms with Crippen LogP contribution in [0.2, 0.25) is 5.28 Å². The molecule has 6 nitrogen and oxygen atoms in total. The van der Waals surface area contributed by atoms with Crippen LogP contribution < -0.4 is 5.32 Å². The van der Waals surface area contributed by atoms with E-state index in [1.807, 2.05) is 13.0 Å². The highest BCUT2D eigenvalue weighted by atomic mass is 35.5. The van der Waals surface area contributed by atoms with Crippen LogP contribution in [0.25, 0.3) is 0 Å². The summed E-state index contributed by atoms with van der Waals surface area (Å²) in [6.45, 7) is 3.51. The fraction of sp³-hybridized carbons (Fsp3) is 0.417. The second-order valence-electron chi connectivity index (χ2n) is 3.91. The maximum absolute atomic E-state index is 5.71. The molecule has 0 fully saturated rings. The van der Waals surface area contributed by atoms with Gasteiger partial charge in [0.2, 0.25) is 5.28 Å². The lowest BCUT2D eigenvalue weighted by atomic mass is 10.2. The Hall–Kier alpha value is -1.66. The van der Waals surface area contributed by atoms with Crippen molar-refractivity contribution >= 4 is 23.2 Å². The van der Waals surface area contributed by atoms with E-state index in [9.17, 15) is 0 Å². The van der Waals surface area contributed by atoms with E-state index < -0.39 is 0 Å². The maximum Gasteiger partial charge on any atom is 0.224 e. The molecule has 2 aromatic heterocycles. The molecule has 0 saturated heterocycles. The minimum absolute atomic E-state index is 0.206. The maximum atomic E-state index is 5.71. The molecule has 0 saturated carbocycles. The standard InChI is InChI=1S/C12H16ClN5O/c1-2-19-7-3-4-9-8-11(18-17-9)15-10-5-6-14-12(13)16-10/h5-6,8H,2-4,7H2,1H3,(H2,14,15,16,17,18). The van der Waals surface area contributed by atoms with Crippen molar-refractivity contribution in [2.24, 2.45) is 0 Å². The van der Waals surface area contributed by atoms with Gasteiger partial charge in [0, 0.05) is 31.2 Å². The van der Waals surface area contributed by atoms with Crippen LogP contribution in [0.1, 0.15) is 19.0 Å². The Balaban J connectivity index is 1.87. The van der Waals surface area contributed by atoms with Gasteiger partial charge >= 0.3 is 0 Å². The summed E-state index contributed by atoms with van der Waals surface area (Å²) in [4.78, 5) is 7.85. The van der Waals surface area contributed by atoms with Gasteiger partial charge in [-0.1, -0.05) is 0 Å². The minimum Gasteiger partial charge on any atom is -0.382 e. The first-order valence-electron chi connectivity index (χ1n) is 6.15. The lowest BCUT2D eigenvalue weighted by molar-refractivity contribution is 0.145. The molecule has 0 bridgehead atoms. The molecule has 2 aromatic rings. The summed E-state index contributed by atoms with van der Waals surface area (Å²) in [7, 11) is 0. The Bertz CT molecular complexity index is 516. The first-order chi connectivity index (χ1) is 9.28. The fourth-order valence-electron chi connectivity index (χ4n) is 1.60. The third-order valence-corrected chi connectivity index (χ3v) is 2.63. The second-order valence-corrected chi connectivity index (χ2v) is 4.25. The van der Waals surface area contributed by atoms with Gasteiger partial charge in [-0.15, -0.1) is 0 Å². The van der Waals surface area contributed by atoms with E-state index in [0.717, 1.165) is 31.7 Å². The number of aromatic amines is 1. The quantitative estimate of drug-likeness (QED) is 0.602. The number of aromatic nitrogens is 4. The Morgan fingerprint density at radius 1 is 1.42 bits per heavy atom. The molecule has 0 unspecified atom stereocenters. The number of nitrogens with zero attached hydrogens (tertiary/aromatic N) is 3. The van der Waals surface area contributed by atoms with Crippen LogP contribution in [0.4, 0.5) is 11.6 Å². The van der Waals surface area contributed by atoms with Gasteiger partial charge in [0.1, 0.15) is 5.82 Å². The van der Waals surface area contributed by atoms with Gasteiger partial charge in [0.05, 0.1) is 0 Å². The molecule has 0 aliphatic heterocycles. The molecule has 0 amide bonds. The normalized spacial score (nSPS) is 10.6. The zero-order chi connectivity index (χ0) is 13.5. The molecular weight excluding hydrogens is 266 g/mol. The van der Waals surface area contributed by atoms with Gasteiger partial charge in [-0.25, -0.2) is 9.97 Å². The molecular formula is C12H16ClN5O. The van der Waals surface area contributed by atoms with E-state index in [1.165, 1.54) is 0 Å². The van der Waals surface area contributed by atoms with Crippen molar-refractivity contribution in [2.45, 2.75) is 19.8 Å². The molecule has 2 heterocycles. The molecule has 102 valence electrons. The molecule has 7 heteroatoms. The minimum atomic E-state index is 0.206. The summed E-state index contributed by atoms with van der Waals surface area (Å²) < 4.78 is 5.29. The van der Waals surface area contributed by atoms with Crippen molar-refractivity contribution in [1.82, 2.24) is 20.2 Å². The van der Waals surface area contributed by atoms with Gasteiger partial charge < -0.3 is 10.1 Å². The molecule has 2 N–H and O–H groups in total. The van der Waals surface area contributed by atoms with Crippen molar-refractivity contribution in [3.63, 3.8) is 0 Å². The van der Waals surface area contributed by atoms with Crippen LogP contribution in [-0.2, 0) is 11.2 Å². The first kappa shape index (κ1) is 13.8. The lowest BCUT2D eigenvalue weighted by Gasteiger charge is -2.00. The zero-order valence-electron chi connectivity index (χ0n) is 10.7. The molecule has 0 spiro atoms. The van der Waals surface area contributed by atoms with Gasteiger partial charge in [-0.3, -0.25) is 5.10 Å². The molecule has 0 aliphatic rings. The number of hydrogen-bond donors (Lipinski definition) is 2. The van der Waals surface area contributed by atoms with Crippen LogP contribution in [-0.4, -0.2) is 33.4 Å². The number of halogens is 1. The van der Waals surface area contributed by atoms with E-state index >= 15 is 0 Å². The van der Waals surface area contributed by atoms with E-state index in [2.05, 4.69) is 25.5 Å². The predicted molar refractivity (Wildman–Crippen MR) is 73.7 cm³/mol. The summed E-state index contributed by atoms with van der Waals surface area (Å²) in [5.74, 6) is 1.33.